The Labute approximate surface area is 242 Å². The minimum Gasteiger partial charge on any atom is -0.325 e. The molecule has 1 N–H and O–H groups in total. The third kappa shape index (κ3) is 5.28. The van der Waals surface area contributed by atoms with Gasteiger partial charge < -0.3 is 5.32 Å². The van der Waals surface area contributed by atoms with E-state index in [2.05, 4.69) is 67.4 Å². The van der Waals surface area contributed by atoms with Crippen LogP contribution in [0.5, 0.6) is 0 Å². The van der Waals surface area contributed by atoms with Crippen LogP contribution in [0, 0.1) is 11.8 Å². The Morgan fingerprint density at radius 2 is 1.74 bits per heavy atom. The largest absolute Gasteiger partial charge is 0.325 e. The Balaban J connectivity index is 1.18. The van der Waals surface area contributed by atoms with Gasteiger partial charge in [-0.25, -0.2) is 23.4 Å². The summed E-state index contributed by atoms with van der Waals surface area (Å²) in [6.45, 7) is 4.14. The average molecular weight is 581 g/mol. The Kier molecular flexibility index (Phi) is 6.35. The standard InChI is InChI=1S/C29H28N10O2S/c1-19(2)37-16-20(12-32-37)3-4-21-13-31-28(11-26(21)22-14-33-38(17-22)24-5-6-24)35-27-9-10-30-29(36-27)23-15-34-39(18-23)42(40,41)25-7-8-25/h9-19,24-25H,5-8H2,1-2H3,(H,30,31,35,36). The maximum absolute atomic E-state index is 12.5. The van der Waals surface area contributed by atoms with E-state index in [9.17, 15) is 8.42 Å². The Morgan fingerprint density at radius 1 is 0.905 bits per heavy atom. The minimum absolute atomic E-state index is 0.255. The Morgan fingerprint density at radius 3 is 2.50 bits per heavy atom. The fourth-order valence-corrected chi connectivity index (χ4v) is 5.96. The lowest BCUT2D eigenvalue weighted by Crippen LogP contribution is -2.17. The van der Waals surface area contributed by atoms with Crippen molar-refractivity contribution in [3.05, 3.63) is 72.8 Å². The van der Waals surface area contributed by atoms with Gasteiger partial charge in [0.15, 0.2) is 5.82 Å². The van der Waals surface area contributed by atoms with Crippen molar-refractivity contribution in [2.45, 2.75) is 56.9 Å². The number of anilines is 2. The maximum Gasteiger partial charge on any atom is 0.256 e. The molecule has 0 bridgehead atoms. The van der Waals surface area contributed by atoms with Gasteiger partial charge in [0, 0.05) is 42.0 Å². The van der Waals surface area contributed by atoms with Gasteiger partial charge in [0.2, 0.25) is 0 Å². The molecule has 0 aliphatic heterocycles. The fourth-order valence-electron chi connectivity index (χ4n) is 4.48. The molecule has 0 atom stereocenters. The van der Waals surface area contributed by atoms with Crippen molar-refractivity contribution in [3.63, 3.8) is 0 Å². The highest BCUT2D eigenvalue weighted by molar-refractivity contribution is 7.90. The molecule has 212 valence electrons. The summed E-state index contributed by atoms with van der Waals surface area (Å²) in [6.07, 6.45) is 17.5. The number of hydrogen-bond acceptors (Lipinski definition) is 9. The summed E-state index contributed by atoms with van der Waals surface area (Å²) < 4.78 is 30.0. The normalized spacial score (nSPS) is 15.0. The first-order valence-electron chi connectivity index (χ1n) is 13.8. The Bertz CT molecular complexity index is 1950. The number of rotatable bonds is 8. The zero-order valence-corrected chi connectivity index (χ0v) is 23.9. The summed E-state index contributed by atoms with van der Waals surface area (Å²) in [7, 11) is -3.47. The Hall–Kier alpha value is -4.83. The van der Waals surface area contributed by atoms with E-state index in [0.29, 0.717) is 41.9 Å². The second kappa shape index (κ2) is 10.2. The van der Waals surface area contributed by atoms with Crippen molar-refractivity contribution in [3.8, 4) is 34.4 Å². The molecule has 2 saturated carbocycles. The molecule has 2 fully saturated rings. The molecule has 5 aromatic heterocycles. The number of aromatic nitrogens is 9. The lowest BCUT2D eigenvalue weighted by atomic mass is 10.0. The van der Waals surface area contributed by atoms with E-state index < -0.39 is 10.0 Å². The van der Waals surface area contributed by atoms with Crippen molar-refractivity contribution in [1.29, 1.82) is 0 Å². The van der Waals surface area contributed by atoms with E-state index >= 15 is 0 Å². The van der Waals surface area contributed by atoms with Crippen molar-refractivity contribution in [1.82, 2.24) is 43.7 Å². The second-order valence-electron chi connectivity index (χ2n) is 10.8. The molecule has 13 heteroatoms. The molecular weight excluding hydrogens is 552 g/mol. The predicted octanol–water partition coefficient (Wildman–Crippen LogP) is 4.19. The van der Waals surface area contributed by atoms with Crippen LogP contribution >= 0.6 is 0 Å². The minimum atomic E-state index is -3.47. The van der Waals surface area contributed by atoms with Crippen LogP contribution in [0.25, 0.3) is 22.5 Å². The van der Waals surface area contributed by atoms with Gasteiger partial charge in [0.05, 0.1) is 52.8 Å². The van der Waals surface area contributed by atoms with Crippen molar-refractivity contribution in [2.75, 3.05) is 5.32 Å². The van der Waals surface area contributed by atoms with Crippen LogP contribution in [0.3, 0.4) is 0 Å². The molecule has 0 radical (unpaired) electrons. The van der Waals surface area contributed by atoms with E-state index in [0.717, 1.165) is 39.2 Å². The van der Waals surface area contributed by atoms with Gasteiger partial charge in [-0.2, -0.15) is 19.4 Å². The number of hydrogen-bond donors (Lipinski definition) is 1. The fraction of sp³-hybridized carbons (Fsp3) is 0.310. The van der Waals surface area contributed by atoms with Crippen LogP contribution in [0.2, 0.25) is 0 Å². The molecule has 0 aromatic carbocycles. The molecule has 0 spiro atoms. The summed E-state index contributed by atoms with van der Waals surface area (Å²) in [5.74, 6) is 7.91. The number of pyridine rings is 1. The van der Waals surface area contributed by atoms with Crippen molar-refractivity contribution in [2.24, 2.45) is 0 Å². The van der Waals surface area contributed by atoms with Gasteiger partial charge in [0.25, 0.3) is 10.0 Å². The van der Waals surface area contributed by atoms with Crippen LogP contribution in [-0.4, -0.2) is 57.4 Å². The maximum atomic E-state index is 12.5. The second-order valence-corrected chi connectivity index (χ2v) is 12.9. The third-order valence-corrected chi connectivity index (χ3v) is 9.18. The van der Waals surface area contributed by atoms with E-state index in [1.807, 2.05) is 27.8 Å². The molecule has 5 aromatic rings. The van der Waals surface area contributed by atoms with Crippen LogP contribution in [0.4, 0.5) is 11.6 Å². The third-order valence-electron chi connectivity index (χ3n) is 7.15. The van der Waals surface area contributed by atoms with Gasteiger partial charge in [-0.3, -0.25) is 9.36 Å². The summed E-state index contributed by atoms with van der Waals surface area (Å²) >= 11 is 0. The van der Waals surface area contributed by atoms with Crippen LogP contribution in [-0.2, 0) is 10.0 Å². The van der Waals surface area contributed by atoms with E-state index in [1.54, 1.807) is 24.7 Å². The summed E-state index contributed by atoms with van der Waals surface area (Å²) in [4.78, 5) is 13.5. The number of nitrogens with zero attached hydrogens (tertiary/aromatic N) is 9. The van der Waals surface area contributed by atoms with Gasteiger partial charge in [-0.15, -0.1) is 0 Å². The molecule has 42 heavy (non-hydrogen) atoms. The molecule has 0 unspecified atom stereocenters. The molecule has 0 saturated heterocycles. The topological polar surface area (TPSA) is 138 Å². The summed E-state index contributed by atoms with van der Waals surface area (Å²) in [5.41, 5.74) is 3.94. The highest BCUT2D eigenvalue weighted by Gasteiger charge is 2.37. The van der Waals surface area contributed by atoms with Gasteiger partial charge >= 0.3 is 0 Å². The predicted molar refractivity (Wildman–Crippen MR) is 156 cm³/mol. The monoisotopic (exact) mass is 580 g/mol. The van der Waals surface area contributed by atoms with E-state index in [1.165, 1.54) is 12.4 Å². The first-order valence-corrected chi connectivity index (χ1v) is 15.3. The van der Waals surface area contributed by atoms with Crippen molar-refractivity contribution < 1.29 is 8.42 Å². The molecule has 2 aliphatic carbocycles. The number of nitrogens with one attached hydrogen (secondary N) is 1. The van der Waals surface area contributed by atoms with Crippen LogP contribution < -0.4 is 5.32 Å². The first-order chi connectivity index (χ1) is 20.3. The first kappa shape index (κ1) is 26.1. The summed E-state index contributed by atoms with van der Waals surface area (Å²) in [6, 6.07) is 4.36. The van der Waals surface area contributed by atoms with Crippen LogP contribution in [0.1, 0.15) is 62.7 Å². The lowest BCUT2D eigenvalue weighted by Gasteiger charge is -2.09. The lowest BCUT2D eigenvalue weighted by molar-refractivity contribution is 0.532. The van der Waals surface area contributed by atoms with Crippen LogP contribution in [0.15, 0.2) is 61.7 Å². The summed E-state index contributed by atoms with van der Waals surface area (Å²) in [5, 5.41) is 15.9. The molecule has 0 amide bonds. The molecular formula is C29H28N10O2S. The quantitative estimate of drug-likeness (QED) is 0.268. The molecule has 12 nitrogen and oxygen atoms in total. The molecule has 5 heterocycles. The average Bonchev–Trinajstić information content (AvgIpc) is 3.86. The van der Waals surface area contributed by atoms with Gasteiger partial charge in [-0.1, -0.05) is 11.8 Å². The molecule has 2 aliphatic rings. The SMILES string of the molecule is CC(C)n1cc(C#Cc2cnc(Nc3ccnc(-c4cnn(S(=O)(=O)C5CC5)c4)n3)cc2-c2cnn(C3CC3)c2)cn1. The highest BCUT2D eigenvalue weighted by atomic mass is 32.2. The molecule has 7 rings (SSSR count). The van der Waals surface area contributed by atoms with E-state index in [4.69, 9.17) is 0 Å². The van der Waals surface area contributed by atoms with Gasteiger partial charge in [0.1, 0.15) is 11.6 Å². The zero-order chi connectivity index (χ0) is 28.8. The van der Waals surface area contributed by atoms with E-state index in [-0.39, 0.29) is 11.3 Å². The zero-order valence-electron chi connectivity index (χ0n) is 23.1. The van der Waals surface area contributed by atoms with Crippen molar-refractivity contribution >= 4 is 21.7 Å². The highest BCUT2D eigenvalue weighted by Crippen LogP contribution is 2.36. The smallest absolute Gasteiger partial charge is 0.256 e. The van der Waals surface area contributed by atoms with Gasteiger partial charge in [-0.05, 0) is 51.7 Å².